The molecule has 0 radical (unpaired) electrons. The summed E-state index contributed by atoms with van der Waals surface area (Å²) in [5.74, 6) is 1.89. The predicted molar refractivity (Wildman–Crippen MR) is 123 cm³/mol. The number of hydrogen-bond acceptors (Lipinski definition) is 9. The summed E-state index contributed by atoms with van der Waals surface area (Å²) in [5, 5.41) is 7.12. The Morgan fingerprint density at radius 2 is 1.68 bits per heavy atom. The van der Waals surface area contributed by atoms with Crippen molar-refractivity contribution in [2.45, 2.75) is 18.7 Å². The fraction of sp³-hybridized carbons (Fsp3) is 0.200. The first-order valence-electron chi connectivity index (χ1n) is 9.37. The third-order valence-electron chi connectivity index (χ3n) is 4.50. The number of fused-ring (bicyclic) bond motifs is 1. The molecule has 0 spiro atoms. The summed E-state index contributed by atoms with van der Waals surface area (Å²) in [4.78, 5) is 18.9. The van der Waals surface area contributed by atoms with Gasteiger partial charge in [-0.2, -0.15) is 0 Å². The van der Waals surface area contributed by atoms with E-state index in [-0.39, 0.29) is 4.90 Å². The fourth-order valence-corrected chi connectivity index (χ4v) is 4.63. The van der Waals surface area contributed by atoms with Crippen LogP contribution in [0.2, 0.25) is 0 Å². The Labute approximate surface area is 184 Å². The van der Waals surface area contributed by atoms with Gasteiger partial charge in [0.2, 0.25) is 10.0 Å². The molecular weight excluding hydrogens is 434 g/mol. The number of rotatable bonds is 6. The van der Waals surface area contributed by atoms with Gasteiger partial charge >= 0.3 is 0 Å². The number of nitrogens with zero attached hydrogens (tertiary/aromatic N) is 5. The Morgan fingerprint density at radius 1 is 0.935 bits per heavy atom. The molecule has 4 rings (SSSR count). The van der Waals surface area contributed by atoms with Gasteiger partial charge in [-0.1, -0.05) is 17.4 Å². The molecule has 11 heteroatoms. The molecule has 0 saturated carbocycles. The van der Waals surface area contributed by atoms with Crippen LogP contribution in [-0.2, 0) is 10.0 Å². The molecule has 3 heterocycles. The molecule has 9 nitrogen and oxygen atoms in total. The zero-order valence-corrected chi connectivity index (χ0v) is 19.0. The summed E-state index contributed by atoms with van der Waals surface area (Å²) in [6.07, 6.45) is 1.72. The Hall–Kier alpha value is -3.15. The maximum atomic E-state index is 12.3. The van der Waals surface area contributed by atoms with E-state index < -0.39 is 10.0 Å². The van der Waals surface area contributed by atoms with E-state index in [1.165, 1.54) is 29.7 Å². The molecule has 31 heavy (non-hydrogen) atoms. The van der Waals surface area contributed by atoms with Crippen molar-refractivity contribution in [2.75, 3.05) is 24.7 Å². The minimum absolute atomic E-state index is 0.220. The standard InChI is InChI=1S/C20H21N7O2S2/c1-12-6-5-11-21-17(12)26-20-25-16-18(22-13(2)23-19(16)30-20)24-14-7-9-15(10-8-14)31(28,29)27(3)4/h5-11H,1-4H3,(H,21,25,26)(H,22,23,24). The van der Waals surface area contributed by atoms with Gasteiger partial charge in [0.15, 0.2) is 15.8 Å². The average molecular weight is 456 g/mol. The minimum Gasteiger partial charge on any atom is -0.338 e. The number of thiazole rings is 1. The normalized spacial score (nSPS) is 11.8. The van der Waals surface area contributed by atoms with Gasteiger partial charge in [0, 0.05) is 26.0 Å². The molecule has 4 aromatic rings. The molecule has 0 saturated heterocycles. The van der Waals surface area contributed by atoms with Gasteiger partial charge in [-0.05, 0) is 49.7 Å². The summed E-state index contributed by atoms with van der Waals surface area (Å²) in [6.45, 7) is 3.78. The van der Waals surface area contributed by atoms with Crippen LogP contribution in [-0.4, -0.2) is 46.8 Å². The van der Waals surface area contributed by atoms with Crippen LogP contribution < -0.4 is 10.6 Å². The van der Waals surface area contributed by atoms with E-state index >= 15 is 0 Å². The number of sulfonamides is 1. The lowest BCUT2D eigenvalue weighted by molar-refractivity contribution is 0.521. The monoisotopic (exact) mass is 455 g/mol. The molecule has 160 valence electrons. The molecular formula is C20H21N7O2S2. The molecule has 1 aromatic carbocycles. The van der Waals surface area contributed by atoms with Crippen LogP contribution >= 0.6 is 11.3 Å². The lowest BCUT2D eigenvalue weighted by Crippen LogP contribution is -2.22. The summed E-state index contributed by atoms with van der Waals surface area (Å²) in [7, 11) is -0.478. The van der Waals surface area contributed by atoms with Crippen molar-refractivity contribution >= 4 is 54.2 Å². The molecule has 0 aliphatic heterocycles. The van der Waals surface area contributed by atoms with E-state index in [2.05, 4.69) is 30.6 Å². The highest BCUT2D eigenvalue weighted by Gasteiger charge is 2.17. The highest BCUT2D eigenvalue weighted by Crippen LogP contribution is 2.32. The largest absolute Gasteiger partial charge is 0.338 e. The van der Waals surface area contributed by atoms with E-state index in [0.29, 0.717) is 28.0 Å². The molecule has 0 bridgehead atoms. The van der Waals surface area contributed by atoms with Crippen LogP contribution in [0.1, 0.15) is 11.4 Å². The number of aryl methyl sites for hydroxylation is 2. The fourth-order valence-electron chi connectivity index (χ4n) is 2.85. The van der Waals surface area contributed by atoms with Gasteiger partial charge in [0.05, 0.1) is 4.90 Å². The third-order valence-corrected chi connectivity index (χ3v) is 7.19. The smallest absolute Gasteiger partial charge is 0.242 e. The Balaban J connectivity index is 1.65. The number of nitrogens with one attached hydrogen (secondary N) is 2. The maximum Gasteiger partial charge on any atom is 0.242 e. The number of benzene rings is 1. The van der Waals surface area contributed by atoms with E-state index in [4.69, 9.17) is 0 Å². The summed E-state index contributed by atoms with van der Waals surface area (Å²) in [5.41, 5.74) is 2.33. The van der Waals surface area contributed by atoms with Crippen LogP contribution in [0.5, 0.6) is 0 Å². The first-order valence-corrected chi connectivity index (χ1v) is 11.6. The topological polar surface area (TPSA) is 113 Å². The third kappa shape index (κ3) is 4.33. The van der Waals surface area contributed by atoms with Crippen LogP contribution in [0, 0.1) is 13.8 Å². The second-order valence-corrected chi connectivity index (χ2v) is 10.2. The van der Waals surface area contributed by atoms with Gasteiger partial charge in [-0.3, -0.25) is 0 Å². The van der Waals surface area contributed by atoms with Crippen molar-refractivity contribution in [3.63, 3.8) is 0 Å². The number of pyridine rings is 1. The van der Waals surface area contributed by atoms with E-state index in [1.54, 1.807) is 30.5 Å². The van der Waals surface area contributed by atoms with Crippen LogP contribution in [0.3, 0.4) is 0 Å². The molecule has 3 aromatic heterocycles. The van der Waals surface area contributed by atoms with Crippen molar-refractivity contribution in [3.05, 3.63) is 54.0 Å². The van der Waals surface area contributed by atoms with E-state index in [9.17, 15) is 8.42 Å². The van der Waals surface area contributed by atoms with Gasteiger partial charge in [-0.25, -0.2) is 32.7 Å². The second-order valence-electron chi connectivity index (χ2n) is 7.02. The average Bonchev–Trinajstić information content (AvgIpc) is 3.12. The van der Waals surface area contributed by atoms with E-state index in [1.807, 2.05) is 26.0 Å². The van der Waals surface area contributed by atoms with Crippen molar-refractivity contribution in [2.24, 2.45) is 0 Å². The van der Waals surface area contributed by atoms with Crippen molar-refractivity contribution in [1.82, 2.24) is 24.2 Å². The zero-order chi connectivity index (χ0) is 22.2. The minimum atomic E-state index is -3.48. The number of hydrogen-bond donors (Lipinski definition) is 2. The first kappa shape index (κ1) is 21.1. The van der Waals surface area contributed by atoms with Crippen molar-refractivity contribution in [3.8, 4) is 0 Å². The Bertz CT molecular complexity index is 1350. The molecule has 0 aliphatic rings. The van der Waals surface area contributed by atoms with Gasteiger partial charge < -0.3 is 10.6 Å². The molecule has 0 atom stereocenters. The summed E-state index contributed by atoms with van der Waals surface area (Å²) >= 11 is 1.41. The lowest BCUT2D eigenvalue weighted by Gasteiger charge is -2.12. The molecule has 0 fully saturated rings. The predicted octanol–water partition coefficient (Wildman–Crippen LogP) is 3.84. The highest BCUT2D eigenvalue weighted by molar-refractivity contribution is 7.89. The SMILES string of the molecule is Cc1nc(Nc2ccc(S(=O)(=O)N(C)C)cc2)c2nc(Nc3ncccc3C)sc2n1. The van der Waals surface area contributed by atoms with Gasteiger partial charge in [0.25, 0.3) is 0 Å². The second kappa shape index (κ2) is 8.17. The molecule has 0 amide bonds. The van der Waals surface area contributed by atoms with Crippen molar-refractivity contribution in [1.29, 1.82) is 0 Å². The summed E-state index contributed by atoms with van der Waals surface area (Å²) < 4.78 is 25.7. The summed E-state index contributed by atoms with van der Waals surface area (Å²) in [6, 6.07) is 10.4. The molecule has 0 unspecified atom stereocenters. The van der Waals surface area contributed by atoms with Crippen molar-refractivity contribution < 1.29 is 8.42 Å². The molecule has 0 aliphatic carbocycles. The lowest BCUT2D eigenvalue weighted by atomic mass is 10.3. The maximum absolute atomic E-state index is 12.3. The van der Waals surface area contributed by atoms with Gasteiger partial charge in [0.1, 0.15) is 17.2 Å². The quantitative estimate of drug-likeness (QED) is 0.451. The molecule has 2 N–H and O–H groups in total. The van der Waals surface area contributed by atoms with Gasteiger partial charge in [-0.15, -0.1) is 0 Å². The Kier molecular flexibility index (Phi) is 5.56. The van der Waals surface area contributed by atoms with Crippen LogP contribution in [0.15, 0.2) is 47.5 Å². The number of aromatic nitrogens is 4. The van der Waals surface area contributed by atoms with E-state index in [0.717, 1.165) is 16.2 Å². The first-order chi connectivity index (χ1) is 14.7. The van der Waals surface area contributed by atoms with Crippen LogP contribution in [0.4, 0.5) is 22.5 Å². The Morgan fingerprint density at radius 3 is 2.35 bits per heavy atom. The number of anilines is 4. The van der Waals surface area contributed by atoms with Crippen LogP contribution in [0.25, 0.3) is 10.3 Å². The zero-order valence-electron chi connectivity index (χ0n) is 17.4. The highest BCUT2D eigenvalue weighted by atomic mass is 32.2.